The Bertz CT molecular complexity index is 373. The molecule has 6 nitrogen and oxygen atoms in total. The van der Waals surface area contributed by atoms with Crippen LogP contribution in [0.15, 0.2) is 23.9 Å². The summed E-state index contributed by atoms with van der Waals surface area (Å²) >= 11 is 0. The second-order valence-electron chi connectivity index (χ2n) is 3.41. The van der Waals surface area contributed by atoms with Crippen LogP contribution in [0.5, 0.6) is 0 Å². The van der Waals surface area contributed by atoms with E-state index in [4.69, 9.17) is 9.84 Å². The molecule has 0 fully saturated rings. The number of rotatable bonds is 3. The van der Waals surface area contributed by atoms with Crippen LogP contribution in [0, 0.1) is 5.92 Å². The molecule has 88 valence electrons. The van der Waals surface area contributed by atoms with Gasteiger partial charge in [-0.1, -0.05) is 6.08 Å². The van der Waals surface area contributed by atoms with Crippen LogP contribution in [0.25, 0.3) is 0 Å². The monoisotopic (exact) mass is 227 g/mol. The molecule has 0 spiro atoms. The summed E-state index contributed by atoms with van der Waals surface area (Å²) in [6, 6.07) is 0. The molecule has 1 aliphatic carbocycles. The molecule has 6 heteroatoms. The summed E-state index contributed by atoms with van der Waals surface area (Å²) in [6.07, 6.45) is 3.83. The highest BCUT2D eigenvalue weighted by Crippen LogP contribution is 2.27. The maximum Gasteiger partial charge on any atom is 0.316 e. The number of amides is 1. The zero-order valence-electron chi connectivity index (χ0n) is 8.93. The van der Waals surface area contributed by atoms with Gasteiger partial charge in [-0.2, -0.15) is 0 Å². The highest BCUT2D eigenvalue weighted by atomic mass is 16.6. The van der Waals surface area contributed by atoms with Crippen LogP contribution in [0.3, 0.4) is 0 Å². The Kier molecular flexibility index (Phi) is 3.46. The molecule has 0 aromatic carbocycles. The predicted octanol–water partition coefficient (Wildman–Crippen LogP) is -0.388. The predicted molar refractivity (Wildman–Crippen MR) is 54.1 cm³/mol. The van der Waals surface area contributed by atoms with E-state index in [9.17, 15) is 14.7 Å². The second-order valence-corrected chi connectivity index (χ2v) is 3.41. The smallest absolute Gasteiger partial charge is 0.316 e. The molecule has 0 radical (unpaired) electrons. The quantitative estimate of drug-likeness (QED) is 0.571. The number of carbonyl (C=O) groups is 2. The van der Waals surface area contributed by atoms with Crippen LogP contribution in [0.2, 0.25) is 0 Å². The number of nitrogens with one attached hydrogen (secondary N) is 1. The van der Waals surface area contributed by atoms with Gasteiger partial charge >= 0.3 is 5.97 Å². The first-order chi connectivity index (χ1) is 7.39. The van der Waals surface area contributed by atoms with Crippen molar-refractivity contribution in [2.24, 2.45) is 5.92 Å². The zero-order valence-corrected chi connectivity index (χ0v) is 8.93. The van der Waals surface area contributed by atoms with Crippen LogP contribution in [-0.2, 0) is 14.3 Å². The van der Waals surface area contributed by atoms with Crippen molar-refractivity contribution in [2.75, 3.05) is 7.11 Å². The summed E-state index contributed by atoms with van der Waals surface area (Å²) in [6.45, 7) is 1.31. The average molecular weight is 227 g/mol. The lowest BCUT2D eigenvalue weighted by Crippen LogP contribution is -2.44. The summed E-state index contributed by atoms with van der Waals surface area (Å²) < 4.78 is 4.76. The third kappa shape index (κ3) is 2.47. The van der Waals surface area contributed by atoms with Gasteiger partial charge in [0.15, 0.2) is 0 Å². The number of carbonyl (C=O) groups excluding carboxylic acids is 1. The minimum Gasteiger partial charge on any atom is -0.481 e. The molecule has 0 aliphatic heterocycles. The molecule has 1 amide bonds. The van der Waals surface area contributed by atoms with Crippen molar-refractivity contribution in [1.29, 1.82) is 0 Å². The van der Waals surface area contributed by atoms with Crippen molar-refractivity contribution < 1.29 is 24.5 Å². The number of allylic oxidation sites excluding steroid dienone is 1. The van der Waals surface area contributed by atoms with E-state index in [-0.39, 0.29) is 5.91 Å². The molecule has 0 heterocycles. The topological polar surface area (TPSA) is 95.9 Å². The molecule has 1 rings (SSSR count). The van der Waals surface area contributed by atoms with Crippen LogP contribution in [-0.4, -0.2) is 35.0 Å². The Morgan fingerprint density at radius 1 is 1.56 bits per heavy atom. The van der Waals surface area contributed by atoms with Crippen molar-refractivity contribution in [3.63, 3.8) is 0 Å². The minimum atomic E-state index is -1.95. The number of carboxylic acids is 1. The van der Waals surface area contributed by atoms with Crippen LogP contribution in [0.1, 0.15) is 6.92 Å². The Balaban J connectivity index is 2.98. The van der Waals surface area contributed by atoms with Crippen molar-refractivity contribution in [3.8, 4) is 0 Å². The van der Waals surface area contributed by atoms with Crippen molar-refractivity contribution in [2.45, 2.75) is 12.7 Å². The number of ether oxygens (including phenoxy) is 1. The van der Waals surface area contributed by atoms with Crippen LogP contribution < -0.4 is 5.32 Å². The Hall–Kier alpha value is -1.66. The maximum absolute atomic E-state index is 10.8. The summed E-state index contributed by atoms with van der Waals surface area (Å²) in [4.78, 5) is 21.7. The van der Waals surface area contributed by atoms with Gasteiger partial charge < -0.3 is 20.3 Å². The van der Waals surface area contributed by atoms with E-state index in [0.717, 1.165) is 6.08 Å². The van der Waals surface area contributed by atoms with Gasteiger partial charge in [-0.15, -0.1) is 0 Å². The first-order valence-corrected chi connectivity index (χ1v) is 4.58. The van der Waals surface area contributed by atoms with Gasteiger partial charge in [0.2, 0.25) is 11.7 Å². The number of aliphatic hydroxyl groups is 1. The van der Waals surface area contributed by atoms with Crippen LogP contribution >= 0.6 is 0 Å². The molecule has 2 unspecified atom stereocenters. The normalized spacial score (nSPS) is 28.4. The number of carboxylic acid groups (broad SMARTS) is 1. The Labute approximate surface area is 92.2 Å². The highest BCUT2D eigenvalue weighted by molar-refractivity contribution is 5.77. The summed E-state index contributed by atoms with van der Waals surface area (Å²) in [5.41, 5.74) is 0.300. The van der Waals surface area contributed by atoms with E-state index in [1.54, 1.807) is 0 Å². The molecule has 0 saturated heterocycles. The number of methoxy groups -OCH3 is 1. The van der Waals surface area contributed by atoms with Gasteiger partial charge in [0.1, 0.15) is 5.92 Å². The first kappa shape index (κ1) is 12.4. The van der Waals surface area contributed by atoms with Crippen molar-refractivity contribution >= 4 is 11.9 Å². The summed E-state index contributed by atoms with van der Waals surface area (Å²) in [7, 11) is 1.19. The van der Waals surface area contributed by atoms with Gasteiger partial charge in [0, 0.05) is 19.7 Å². The lowest BCUT2D eigenvalue weighted by Gasteiger charge is -2.30. The molecule has 0 bridgehead atoms. The largest absolute Gasteiger partial charge is 0.481 e. The molecule has 1 aliphatic rings. The lowest BCUT2D eigenvalue weighted by atomic mass is 9.92. The number of hydrogen-bond donors (Lipinski definition) is 3. The van der Waals surface area contributed by atoms with Crippen molar-refractivity contribution in [3.05, 3.63) is 23.9 Å². The van der Waals surface area contributed by atoms with E-state index >= 15 is 0 Å². The third-order valence-corrected chi connectivity index (χ3v) is 2.19. The molecule has 0 aromatic rings. The summed E-state index contributed by atoms with van der Waals surface area (Å²) in [5, 5.41) is 21.2. The summed E-state index contributed by atoms with van der Waals surface area (Å²) in [5.74, 6) is -4.67. The molecular formula is C10H13NO5. The molecule has 0 saturated carbocycles. The lowest BCUT2D eigenvalue weighted by molar-refractivity contribution is -0.189. The van der Waals surface area contributed by atoms with Crippen LogP contribution in [0.4, 0.5) is 0 Å². The first-order valence-electron chi connectivity index (χ1n) is 4.58. The fourth-order valence-corrected chi connectivity index (χ4v) is 1.42. The van der Waals surface area contributed by atoms with E-state index in [1.807, 2.05) is 0 Å². The fourth-order valence-electron chi connectivity index (χ4n) is 1.42. The standard InChI is InChI=1S/C10H13NO5/c1-6(12)11-7-3-4-8(9(13)14)10(15,5-7)16-2/h3-5,8,15H,1-2H3,(H,11,12)(H,13,14). The van der Waals surface area contributed by atoms with E-state index in [1.165, 1.54) is 26.2 Å². The van der Waals surface area contributed by atoms with Gasteiger partial charge in [0.25, 0.3) is 0 Å². The number of hydrogen-bond acceptors (Lipinski definition) is 4. The van der Waals surface area contributed by atoms with E-state index < -0.39 is 17.7 Å². The molecule has 3 N–H and O–H groups in total. The Morgan fingerprint density at radius 3 is 2.62 bits per heavy atom. The van der Waals surface area contributed by atoms with Gasteiger partial charge in [0.05, 0.1) is 0 Å². The van der Waals surface area contributed by atoms with Crippen molar-refractivity contribution in [1.82, 2.24) is 5.32 Å². The molecular weight excluding hydrogens is 214 g/mol. The van der Waals surface area contributed by atoms with E-state index in [2.05, 4.69) is 5.32 Å². The fraction of sp³-hybridized carbons (Fsp3) is 0.400. The van der Waals surface area contributed by atoms with Gasteiger partial charge in [-0.25, -0.2) is 0 Å². The molecule has 2 atom stereocenters. The van der Waals surface area contributed by atoms with E-state index in [0.29, 0.717) is 5.70 Å². The Morgan fingerprint density at radius 2 is 2.19 bits per heavy atom. The maximum atomic E-state index is 10.8. The second kappa shape index (κ2) is 4.46. The zero-order chi connectivity index (χ0) is 12.3. The SMILES string of the molecule is COC1(O)C=C(NC(C)=O)C=CC1C(=O)O. The number of aliphatic carboxylic acids is 1. The molecule has 0 aromatic heterocycles. The minimum absolute atomic E-state index is 0.300. The third-order valence-electron chi connectivity index (χ3n) is 2.19. The van der Waals surface area contributed by atoms with Gasteiger partial charge in [-0.05, 0) is 12.2 Å². The highest BCUT2D eigenvalue weighted by Gasteiger charge is 2.41. The average Bonchev–Trinajstić information content (AvgIpc) is 2.16. The molecule has 16 heavy (non-hydrogen) atoms. The van der Waals surface area contributed by atoms with Gasteiger partial charge in [-0.3, -0.25) is 9.59 Å².